The highest BCUT2D eigenvalue weighted by Gasteiger charge is 2.46. The molecule has 1 aliphatic heterocycles. The fourth-order valence-corrected chi connectivity index (χ4v) is 3.82. The molecule has 0 saturated heterocycles. The Kier molecular flexibility index (Phi) is 6.07. The maximum Gasteiger partial charge on any atom is 0.272 e. The molecule has 3 rings (SSSR count). The van der Waals surface area contributed by atoms with E-state index in [1.165, 1.54) is 15.6 Å². The molecule has 2 aromatic rings. The van der Waals surface area contributed by atoms with Crippen molar-refractivity contribution in [3.63, 3.8) is 0 Å². The number of aromatic nitrogens is 2. The molecule has 0 spiro atoms. The van der Waals surface area contributed by atoms with Gasteiger partial charge < -0.3 is 15.5 Å². The zero-order chi connectivity index (χ0) is 21.2. The summed E-state index contributed by atoms with van der Waals surface area (Å²) < 4.78 is 1.46. The Bertz CT molecular complexity index is 905. The van der Waals surface area contributed by atoms with Crippen LogP contribution in [0.4, 0.5) is 0 Å². The van der Waals surface area contributed by atoms with E-state index in [4.69, 9.17) is 0 Å². The first kappa shape index (κ1) is 21.0. The second kappa shape index (κ2) is 8.36. The summed E-state index contributed by atoms with van der Waals surface area (Å²) in [6.07, 6.45) is 0.862. The Morgan fingerprint density at radius 1 is 1.34 bits per heavy atom. The third kappa shape index (κ3) is 4.34. The van der Waals surface area contributed by atoms with Crippen LogP contribution in [-0.4, -0.2) is 51.5 Å². The van der Waals surface area contributed by atoms with Crippen LogP contribution in [0.25, 0.3) is 0 Å². The summed E-state index contributed by atoms with van der Waals surface area (Å²) in [5.74, 6) is -0.429. The Morgan fingerprint density at radius 3 is 2.76 bits per heavy atom. The summed E-state index contributed by atoms with van der Waals surface area (Å²) in [5.41, 5.74) is -0.596. The Hall–Kier alpha value is -2.68. The number of nitrogens with one attached hydrogen (secondary N) is 2. The summed E-state index contributed by atoms with van der Waals surface area (Å²) in [6.45, 7) is 7.04. The lowest BCUT2D eigenvalue weighted by atomic mass is 9.95. The number of nitrogens with zero attached hydrogens (tertiary/aromatic N) is 3. The Morgan fingerprint density at radius 2 is 2.10 bits per heavy atom. The zero-order valence-electron chi connectivity index (χ0n) is 17.2. The standard InChI is InChI=1S/C20H27N5O3S/c1-13(2)7-8-21-19(28)20(3)12-25-16(18(27)24(20)4)10-15(23-25)17(26)22-11-14-6-5-9-29-14/h5-6,9-10,13H,7-8,11-12H2,1-4H3,(H,21,28)(H,22,26)/t20-/m0/s1. The highest BCUT2D eigenvalue weighted by Crippen LogP contribution is 2.26. The van der Waals surface area contributed by atoms with Gasteiger partial charge in [-0.1, -0.05) is 19.9 Å². The zero-order valence-corrected chi connectivity index (χ0v) is 18.0. The number of carbonyl (C=O) groups is 3. The topological polar surface area (TPSA) is 96.3 Å². The van der Waals surface area contributed by atoms with Crippen molar-refractivity contribution in [3.8, 4) is 0 Å². The van der Waals surface area contributed by atoms with Crippen molar-refractivity contribution in [2.45, 2.75) is 45.8 Å². The number of likely N-dealkylation sites (N-methyl/N-ethyl adjacent to an activating group) is 1. The molecule has 0 unspecified atom stereocenters. The van der Waals surface area contributed by atoms with Gasteiger partial charge in [0, 0.05) is 24.5 Å². The van der Waals surface area contributed by atoms with Gasteiger partial charge in [0.2, 0.25) is 5.91 Å². The average Bonchev–Trinajstić information content (AvgIpc) is 3.33. The molecule has 0 saturated carbocycles. The van der Waals surface area contributed by atoms with E-state index in [0.717, 1.165) is 11.3 Å². The molecule has 1 atom stereocenters. The van der Waals surface area contributed by atoms with E-state index in [1.54, 1.807) is 25.3 Å². The first-order chi connectivity index (χ1) is 13.7. The van der Waals surface area contributed by atoms with Crippen LogP contribution < -0.4 is 10.6 Å². The third-order valence-corrected chi connectivity index (χ3v) is 6.11. The van der Waals surface area contributed by atoms with Gasteiger partial charge in [0.15, 0.2) is 5.69 Å². The molecule has 0 radical (unpaired) electrons. The molecule has 0 aliphatic carbocycles. The molecule has 2 aromatic heterocycles. The van der Waals surface area contributed by atoms with Crippen LogP contribution in [0.5, 0.6) is 0 Å². The fraction of sp³-hybridized carbons (Fsp3) is 0.500. The lowest BCUT2D eigenvalue weighted by Gasteiger charge is -2.40. The van der Waals surface area contributed by atoms with Gasteiger partial charge in [-0.05, 0) is 30.7 Å². The molecule has 2 N–H and O–H groups in total. The first-order valence-electron chi connectivity index (χ1n) is 9.67. The number of thiophene rings is 1. The van der Waals surface area contributed by atoms with Crippen molar-refractivity contribution in [1.82, 2.24) is 25.3 Å². The lowest BCUT2D eigenvalue weighted by Crippen LogP contribution is -2.62. The second-order valence-corrected chi connectivity index (χ2v) is 8.94. The molecular weight excluding hydrogens is 390 g/mol. The van der Waals surface area contributed by atoms with Crippen LogP contribution in [0.15, 0.2) is 23.6 Å². The summed E-state index contributed by atoms with van der Waals surface area (Å²) in [5, 5.41) is 12.0. The Balaban J connectivity index is 1.73. The molecule has 3 amide bonds. The summed E-state index contributed by atoms with van der Waals surface area (Å²) in [4.78, 5) is 40.6. The molecule has 156 valence electrons. The number of hydrogen-bond donors (Lipinski definition) is 2. The monoisotopic (exact) mass is 417 g/mol. The molecule has 29 heavy (non-hydrogen) atoms. The van der Waals surface area contributed by atoms with E-state index in [-0.39, 0.29) is 30.0 Å². The van der Waals surface area contributed by atoms with E-state index in [2.05, 4.69) is 29.6 Å². The van der Waals surface area contributed by atoms with Crippen molar-refractivity contribution in [2.75, 3.05) is 13.6 Å². The van der Waals surface area contributed by atoms with E-state index in [1.807, 2.05) is 17.5 Å². The number of carbonyl (C=O) groups excluding carboxylic acids is 3. The first-order valence-corrected chi connectivity index (χ1v) is 10.5. The fourth-order valence-electron chi connectivity index (χ4n) is 3.17. The molecular formula is C20H27N5O3S. The van der Waals surface area contributed by atoms with Crippen molar-refractivity contribution in [2.24, 2.45) is 5.92 Å². The molecule has 1 aliphatic rings. The smallest absolute Gasteiger partial charge is 0.272 e. The predicted molar refractivity (Wildman–Crippen MR) is 111 cm³/mol. The average molecular weight is 418 g/mol. The molecule has 0 bridgehead atoms. The Labute approximate surface area is 174 Å². The van der Waals surface area contributed by atoms with Gasteiger partial charge in [-0.25, -0.2) is 0 Å². The minimum absolute atomic E-state index is 0.169. The van der Waals surface area contributed by atoms with Gasteiger partial charge in [-0.15, -0.1) is 11.3 Å². The molecule has 0 aromatic carbocycles. The molecule has 0 fully saturated rings. The number of rotatable bonds is 7. The van der Waals surface area contributed by atoms with Gasteiger partial charge in [-0.2, -0.15) is 5.10 Å². The van der Waals surface area contributed by atoms with E-state index in [0.29, 0.717) is 24.7 Å². The lowest BCUT2D eigenvalue weighted by molar-refractivity contribution is -0.132. The maximum absolute atomic E-state index is 12.9. The van der Waals surface area contributed by atoms with Crippen LogP contribution in [0.2, 0.25) is 0 Å². The third-order valence-electron chi connectivity index (χ3n) is 5.23. The number of fused-ring (bicyclic) bond motifs is 1. The largest absolute Gasteiger partial charge is 0.354 e. The van der Waals surface area contributed by atoms with E-state index in [9.17, 15) is 14.4 Å². The minimum Gasteiger partial charge on any atom is -0.354 e. The van der Waals surface area contributed by atoms with Crippen LogP contribution in [0.1, 0.15) is 53.0 Å². The highest BCUT2D eigenvalue weighted by atomic mass is 32.1. The van der Waals surface area contributed by atoms with Crippen LogP contribution in [0.3, 0.4) is 0 Å². The SMILES string of the molecule is CC(C)CCNC(=O)[C@]1(C)Cn2nc(C(=O)NCc3cccs3)cc2C(=O)N1C. The summed E-state index contributed by atoms with van der Waals surface area (Å²) in [6, 6.07) is 5.34. The van der Waals surface area contributed by atoms with Gasteiger partial charge in [-0.3, -0.25) is 19.1 Å². The number of hydrogen-bond acceptors (Lipinski definition) is 5. The van der Waals surface area contributed by atoms with Crippen molar-refractivity contribution in [3.05, 3.63) is 39.8 Å². The van der Waals surface area contributed by atoms with Crippen molar-refractivity contribution < 1.29 is 14.4 Å². The van der Waals surface area contributed by atoms with Crippen LogP contribution >= 0.6 is 11.3 Å². The highest BCUT2D eigenvalue weighted by molar-refractivity contribution is 7.09. The normalized spacial score (nSPS) is 18.7. The summed E-state index contributed by atoms with van der Waals surface area (Å²) in [7, 11) is 1.61. The predicted octanol–water partition coefficient (Wildman–Crippen LogP) is 1.88. The van der Waals surface area contributed by atoms with Crippen LogP contribution in [0, 0.1) is 5.92 Å². The van der Waals surface area contributed by atoms with Gasteiger partial charge in [0.25, 0.3) is 11.8 Å². The van der Waals surface area contributed by atoms with E-state index >= 15 is 0 Å². The quantitative estimate of drug-likeness (QED) is 0.719. The summed E-state index contributed by atoms with van der Waals surface area (Å²) >= 11 is 1.55. The van der Waals surface area contributed by atoms with Gasteiger partial charge >= 0.3 is 0 Å². The molecule has 9 heteroatoms. The number of amides is 3. The van der Waals surface area contributed by atoms with E-state index < -0.39 is 5.54 Å². The van der Waals surface area contributed by atoms with Crippen molar-refractivity contribution in [1.29, 1.82) is 0 Å². The molecule has 3 heterocycles. The van der Waals surface area contributed by atoms with Gasteiger partial charge in [0.05, 0.1) is 13.1 Å². The second-order valence-electron chi connectivity index (χ2n) is 7.91. The van der Waals surface area contributed by atoms with Gasteiger partial charge in [0.1, 0.15) is 11.2 Å². The molecule has 8 nitrogen and oxygen atoms in total. The van der Waals surface area contributed by atoms with Crippen LogP contribution in [-0.2, 0) is 17.9 Å². The minimum atomic E-state index is -1.07. The maximum atomic E-state index is 12.9. The van der Waals surface area contributed by atoms with Crippen molar-refractivity contribution >= 4 is 29.1 Å².